The third-order valence-electron chi connectivity index (χ3n) is 2.73. The molecule has 4 nitrogen and oxygen atoms in total. The Morgan fingerprint density at radius 1 is 1.37 bits per heavy atom. The van der Waals surface area contributed by atoms with E-state index in [9.17, 15) is 9.90 Å². The van der Waals surface area contributed by atoms with Crippen LogP contribution < -0.4 is 5.32 Å². The number of phenols is 1. The lowest BCUT2D eigenvalue weighted by Crippen LogP contribution is -2.26. The molecule has 0 radical (unpaired) electrons. The molecule has 2 aromatic rings. The summed E-state index contributed by atoms with van der Waals surface area (Å²) in [7, 11) is 0. The zero-order valence-electron chi connectivity index (χ0n) is 10.6. The number of aromatic hydroxyl groups is 1. The summed E-state index contributed by atoms with van der Waals surface area (Å²) in [4.78, 5) is 12.1. The van der Waals surface area contributed by atoms with Crippen molar-refractivity contribution in [1.29, 1.82) is 0 Å². The molecule has 19 heavy (non-hydrogen) atoms. The van der Waals surface area contributed by atoms with E-state index in [2.05, 4.69) is 5.32 Å². The predicted octanol–water partition coefficient (Wildman–Crippen LogP) is 3.44. The molecule has 100 valence electrons. The SMILES string of the molecule is Cc1ccc(C(C)NC(=O)c2cc(O)ccc2Cl)o1. The van der Waals surface area contributed by atoms with Crippen molar-refractivity contribution in [1.82, 2.24) is 5.32 Å². The highest BCUT2D eigenvalue weighted by Gasteiger charge is 2.16. The van der Waals surface area contributed by atoms with E-state index in [4.69, 9.17) is 16.0 Å². The molecule has 0 aliphatic carbocycles. The molecule has 1 aromatic heterocycles. The van der Waals surface area contributed by atoms with Crippen molar-refractivity contribution < 1.29 is 14.3 Å². The zero-order chi connectivity index (χ0) is 14.0. The monoisotopic (exact) mass is 279 g/mol. The molecule has 0 aliphatic heterocycles. The molecular weight excluding hydrogens is 266 g/mol. The third kappa shape index (κ3) is 3.09. The fourth-order valence-electron chi connectivity index (χ4n) is 1.72. The smallest absolute Gasteiger partial charge is 0.253 e. The summed E-state index contributed by atoms with van der Waals surface area (Å²) in [5.74, 6) is 1.09. The van der Waals surface area contributed by atoms with Gasteiger partial charge >= 0.3 is 0 Å². The number of rotatable bonds is 3. The number of halogens is 1. The van der Waals surface area contributed by atoms with Gasteiger partial charge < -0.3 is 14.8 Å². The molecule has 1 amide bonds. The number of carbonyl (C=O) groups excluding carboxylic acids is 1. The van der Waals surface area contributed by atoms with Crippen LogP contribution >= 0.6 is 11.6 Å². The number of aryl methyl sites for hydroxylation is 1. The van der Waals surface area contributed by atoms with Crippen LogP contribution in [0.5, 0.6) is 5.75 Å². The molecular formula is C14H14ClNO3. The first-order valence-electron chi connectivity index (χ1n) is 5.83. The van der Waals surface area contributed by atoms with Gasteiger partial charge in [0.2, 0.25) is 0 Å². The van der Waals surface area contributed by atoms with Crippen molar-refractivity contribution in [3.8, 4) is 5.75 Å². The molecule has 5 heteroatoms. The number of hydrogen-bond acceptors (Lipinski definition) is 3. The van der Waals surface area contributed by atoms with Crippen molar-refractivity contribution >= 4 is 17.5 Å². The van der Waals surface area contributed by atoms with Crippen molar-refractivity contribution in [2.45, 2.75) is 19.9 Å². The van der Waals surface area contributed by atoms with Crippen molar-refractivity contribution in [2.75, 3.05) is 0 Å². The molecule has 1 aromatic carbocycles. The van der Waals surface area contributed by atoms with Crippen LogP contribution in [0.3, 0.4) is 0 Å². The van der Waals surface area contributed by atoms with Crippen molar-refractivity contribution in [3.63, 3.8) is 0 Å². The molecule has 0 bridgehead atoms. The van der Waals surface area contributed by atoms with E-state index in [1.54, 1.807) is 0 Å². The lowest BCUT2D eigenvalue weighted by Gasteiger charge is -2.12. The normalized spacial score (nSPS) is 12.2. The Balaban J connectivity index is 2.15. The van der Waals surface area contributed by atoms with E-state index in [0.29, 0.717) is 5.76 Å². The van der Waals surface area contributed by atoms with Gasteiger partial charge in [0.1, 0.15) is 17.3 Å². The van der Waals surface area contributed by atoms with Crippen LogP contribution in [0.15, 0.2) is 34.7 Å². The van der Waals surface area contributed by atoms with Crippen LogP contribution in [-0.2, 0) is 0 Å². The summed E-state index contributed by atoms with van der Waals surface area (Å²) in [6.07, 6.45) is 0. The Bertz CT molecular complexity index is 606. The maximum Gasteiger partial charge on any atom is 0.253 e. The van der Waals surface area contributed by atoms with Crippen LogP contribution in [-0.4, -0.2) is 11.0 Å². The van der Waals surface area contributed by atoms with Gasteiger partial charge in [-0.2, -0.15) is 0 Å². The minimum Gasteiger partial charge on any atom is -0.508 e. The standard InChI is InChI=1S/C14H14ClNO3/c1-8-3-6-13(19-8)9(2)16-14(18)11-7-10(17)4-5-12(11)15/h3-7,9,17H,1-2H3,(H,16,18). The first-order chi connectivity index (χ1) is 8.97. The second-order valence-electron chi connectivity index (χ2n) is 4.31. The molecule has 1 heterocycles. The van der Waals surface area contributed by atoms with Crippen LogP contribution in [0.1, 0.15) is 34.8 Å². The molecule has 1 atom stereocenters. The maximum absolute atomic E-state index is 12.1. The zero-order valence-corrected chi connectivity index (χ0v) is 11.4. The number of furan rings is 1. The van der Waals surface area contributed by atoms with E-state index in [-0.39, 0.29) is 28.3 Å². The predicted molar refractivity (Wildman–Crippen MR) is 72.4 cm³/mol. The number of hydrogen-bond donors (Lipinski definition) is 2. The number of nitrogens with one attached hydrogen (secondary N) is 1. The van der Waals surface area contributed by atoms with Crippen molar-refractivity contribution in [2.24, 2.45) is 0 Å². The van der Waals surface area contributed by atoms with Crippen LogP contribution in [0.2, 0.25) is 5.02 Å². The Morgan fingerprint density at radius 2 is 2.11 bits per heavy atom. The van der Waals surface area contributed by atoms with Gasteiger partial charge in [-0.15, -0.1) is 0 Å². The quantitative estimate of drug-likeness (QED) is 0.905. The van der Waals surface area contributed by atoms with Gasteiger partial charge in [0, 0.05) is 0 Å². The molecule has 1 unspecified atom stereocenters. The van der Waals surface area contributed by atoms with Crippen LogP contribution in [0.4, 0.5) is 0 Å². The first kappa shape index (κ1) is 13.5. The van der Waals surface area contributed by atoms with Gasteiger partial charge in [-0.25, -0.2) is 0 Å². The Kier molecular flexibility index (Phi) is 3.81. The van der Waals surface area contributed by atoms with Gasteiger partial charge in [0.15, 0.2) is 0 Å². The average Bonchev–Trinajstić information content (AvgIpc) is 2.79. The number of amides is 1. The second-order valence-corrected chi connectivity index (χ2v) is 4.71. The second kappa shape index (κ2) is 5.36. The van der Waals surface area contributed by atoms with Crippen LogP contribution in [0, 0.1) is 6.92 Å². The summed E-state index contributed by atoms with van der Waals surface area (Å²) in [5, 5.41) is 12.4. The summed E-state index contributed by atoms with van der Waals surface area (Å²) in [6.45, 7) is 3.65. The molecule has 0 spiro atoms. The summed E-state index contributed by atoms with van der Waals surface area (Å²) in [6, 6.07) is 7.60. The van der Waals surface area contributed by atoms with Crippen LogP contribution in [0.25, 0.3) is 0 Å². The van der Waals surface area contributed by atoms with E-state index in [0.717, 1.165) is 5.76 Å². The van der Waals surface area contributed by atoms with E-state index >= 15 is 0 Å². The maximum atomic E-state index is 12.1. The molecule has 0 aliphatic rings. The van der Waals surface area contributed by atoms with E-state index in [1.807, 2.05) is 26.0 Å². The number of benzene rings is 1. The highest BCUT2D eigenvalue weighted by molar-refractivity contribution is 6.33. The molecule has 0 saturated carbocycles. The Hall–Kier alpha value is -1.94. The van der Waals surface area contributed by atoms with Gasteiger partial charge in [0.25, 0.3) is 5.91 Å². The Morgan fingerprint density at radius 3 is 2.74 bits per heavy atom. The lowest BCUT2D eigenvalue weighted by atomic mass is 10.1. The molecule has 0 saturated heterocycles. The molecule has 0 fully saturated rings. The Labute approximate surface area is 116 Å². The van der Waals surface area contributed by atoms with E-state index in [1.165, 1.54) is 18.2 Å². The topological polar surface area (TPSA) is 62.5 Å². The third-order valence-corrected chi connectivity index (χ3v) is 3.06. The fourth-order valence-corrected chi connectivity index (χ4v) is 1.92. The van der Waals surface area contributed by atoms with E-state index < -0.39 is 0 Å². The summed E-state index contributed by atoms with van der Waals surface area (Å²) in [5.41, 5.74) is 0.233. The van der Waals surface area contributed by atoms with Gasteiger partial charge in [-0.1, -0.05) is 11.6 Å². The number of carbonyl (C=O) groups is 1. The average molecular weight is 280 g/mol. The highest BCUT2D eigenvalue weighted by atomic mass is 35.5. The first-order valence-corrected chi connectivity index (χ1v) is 6.21. The highest BCUT2D eigenvalue weighted by Crippen LogP contribution is 2.22. The van der Waals surface area contributed by atoms with Gasteiger partial charge in [-0.3, -0.25) is 4.79 Å². The summed E-state index contributed by atoms with van der Waals surface area (Å²) >= 11 is 5.93. The number of phenolic OH excluding ortho intramolecular Hbond substituents is 1. The molecule has 2 rings (SSSR count). The fraction of sp³-hybridized carbons (Fsp3) is 0.214. The summed E-state index contributed by atoms with van der Waals surface area (Å²) < 4.78 is 5.44. The van der Waals surface area contributed by atoms with Gasteiger partial charge in [0.05, 0.1) is 16.6 Å². The minimum atomic E-state index is -0.359. The van der Waals surface area contributed by atoms with Gasteiger partial charge in [-0.05, 0) is 44.2 Å². The lowest BCUT2D eigenvalue weighted by molar-refractivity contribution is 0.0935. The van der Waals surface area contributed by atoms with Crippen molar-refractivity contribution in [3.05, 3.63) is 52.4 Å². The largest absolute Gasteiger partial charge is 0.508 e. The minimum absolute atomic E-state index is 0.00366. The molecule has 2 N–H and O–H groups in total.